The summed E-state index contributed by atoms with van der Waals surface area (Å²) in [4.78, 5) is 14.2. The number of benzene rings is 2. The Morgan fingerprint density at radius 2 is 1.85 bits per heavy atom. The Hall–Kier alpha value is -1.90. The van der Waals surface area contributed by atoms with Gasteiger partial charge in [0.05, 0.1) is 22.5 Å². The normalized spacial score (nSPS) is 12.5. The van der Waals surface area contributed by atoms with E-state index in [9.17, 15) is 13.2 Å². The van der Waals surface area contributed by atoms with Crippen molar-refractivity contribution in [3.05, 3.63) is 58.1 Å². The number of hydrogen-bond acceptors (Lipinski definition) is 4. The van der Waals surface area contributed by atoms with Gasteiger partial charge >= 0.3 is 0 Å². The van der Waals surface area contributed by atoms with Crippen molar-refractivity contribution in [3.8, 4) is 5.75 Å². The maximum atomic E-state index is 12.5. The summed E-state index contributed by atoms with van der Waals surface area (Å²) in [5.41, 5.74) is 1.88. The number of methoxy groups -OCH3 is 1. The quantitative estimate of drug-likeness (QED) is 0.694. The molecule has 27 heavy (non-hydrogen) atoms. The molecule has 2 rings (SSSR count). The van der Waals surface area contributed by atoms with E-state index in [-0.39, 0.29) is 16.8 Å². The Morgan fingerprint density at radius 3 is 2.37 bits per heavy atom. The summed E-state index contributed by atoms with van der Waals surface area (Å²) < 4.78 is 28.7. The average molecular weight is 455 g/mol. The van der Waals surface area contributed by atoms with Gasteiger partial charge in [0.15, 0.2) is 0 Å². The van der Waals surface area contributed by atoms with E-state index in [4.69, 9.17) is 9.88 Å². The van der Waals surface area contributed by atoms with Gasteiger partial charge in [0.1, 0.15) is 5.75 Å². The number of sulfonamides is 1. The van der Waals surface area contributed by atoms with Gasteiger partial charge in [-0.25, -0.2) is 13.6 Å². The minimum atomic E-state index is -3.72. The molecule has 2 aromatic rings. The molecule has 146 valence electrons. The molecule has 0 aliphatic rings. The number of carbonyl (C=O) groups excluding carboxylic acids is 1. The molecule has 0 aliphatic carbocycles. The van der Waals surface area contributed by atoms with Gasteiger partial charge in [-0.2, -0.15) is 0 Å². The minimum absolute atomic E-state index is 0.00460. The zero-order valence-electron chi connectivity index (χ0n) is 15.5. The van der Waals surface area contributed by atoms with Gasteiger partial charge in [-0.05, 0) is 64.7 Å². The van der Waals surface area contributed by atoms with E-state index in [1.165, 1.54) is 12.1 Å². The lowest BCUT2D eigenvalue weighted by Gasteiger charge is -2.25. The Bertz CT molecular complexity index is 914. The molecule has 8 heteroatoms. The third-order valence-electron chi connectivity index (χ3n) is 4.51. The first-order chi connectivity index (χ1) is 12.6. The van der Waals surface area contributed by atoms with E-state index in [0.29, 0.717) is 12.8 Å². The fourth-order valence-electron chi connectivity index (χ4n) is 2.67. The fraction of sp³-hybridized carbons (Fsp3) is 0.316. The van der Waals surface area contributed by atoms with Gasteiger partial charge < -0.3 is 9.64 Å². The van der Waals surface area contributed by atoms with Crippen LogP contribution in [0, 0.1) is 0 Å². The van der Waals surface area contributed by atoms with Crippen molar-refractivity contribution in [1.82, 2.24) is 4.90 Å². The lowest BCUT2D eigenvalue weighted by Crippen LogP contribution is -2.29. The maximum absolute atomic E-state index is 12.5. The van der Waals surface area contributed by atoms with Crippen LogP contribution in [0.3, 0.4) is 0 Å². The van der Waals surface area contributed by atoms with E-state index in [0.717, 1.165) is 21.3 Å². The second kappa shape index (κ2) is 8.86. The van der Waals surface area contributed by atoms with Gasteiger partial charge in [-0.15, -0.1) is 0 Å². The van der Waals surface area contributed by atoms with E-state index < -0.39 is 10.0 Å². The largest absolute Gasteiger partial charge is 0.496 e. The monoisotopic (exact) mass is 454 g/mol. The molecule has 0 heterocycles. The molecule has 1 amide bonds. The number of hydrogen-bond donors (Lipinski definition) is 1. The molecule has 6 nitrogen and oxygen atoms in total. The number of aryl methyl sites for hydroxylation is 1. The van der Waals surface area contributed by atoms with Gasteiger partial charge in [0.25, 0.3) is 0 Å². The van der Waals surface area contributed by atoms with Crippen LogP contribution in [0.15, 0.2) is 51.8 Å². The summed E-state index contributed by atoms with van der Waals surface area (Å²) in [5.74, 6) is 0.753. The highest BCUT2D eigenvalue weighted by Crippen LogP contribution is 2.26. The Kier molecular flexibility index (Phi) is 7.02. The van der Waals surface area contributed by atoms with E-state index in [1.54, 1.807) is 31.2 Å². The number of nitrogens with two attached hydrogens (primary N) is 1. The van der Waals surface area contributed by atoms with Crippen molar-refractivity contribution in [2.45, 2.75) is 30.7 Å². The van der Waals surface area contributed by atoms with Gasteiger partial charge in [-0.3, -0.25) is 4.79 Å². The molecule has 2 aromatic carbocycles. The maximum Gasteiger partial charge on any atom is 0.238 e. The first-order valence-corrected chi connectivity index (χ1v) is 10.7. The molecule has 2 N–H and O–H groups in total. The third-order valence-corrected chi connectivity index (χ3v) is 6.06. The van der Waals surface area contributed by atoms with Crippen LogP contribution in [0.5, 0.6) is 5.75 Å². The molecule has 0 saturated heterocycles. The van der Waals surface area contributed by atoms with Crippen molar-refractivity contribution in [1.29, 1.82) is 0 Å². The number of amides is 1. The third kappa shape index (κ3) is 5.54. The second-order valence-electron chi connectivity index (χ2n) is 6.26. The Labute approximate surface area is 168 Å². The zero-order chi connectivity index (χ0) is 20.2. The highest BCUT2D eigenvalue weighted by molar-refractivity contribution is 9.10. The Morgan fingerprint density at radius 1 is 1.22 bits per heavy atom. The smallest absolute Gasteiger partial charge is 0.238 e. The number of rotatable bonds is 7. The predicted octanol–water partition coefficient (Wildman–Crippen LogP) is 3.26. The standard InChI is InChI=1S/C19H23BrN2O4S/c1-13(15-6-8-16(9-7-15)27(21,24)25)22(2)19(23)11-5-14-4-10-18(26-3)17(20)12-14/h4,6-10,12-13H,5,11H2,1-3H3,(H2,21,24,25). The first-order valence-electron chi connectivity index (χ1n) is 8.34. The van der Waals surface area contributed by atoms with Crippen LogP contribution in [0.2, 0.25) is 0 Å². The summed E-state index contributed by atoms with van der Waals surface area (Å²) in [5, 5.41) is 5.11. The van der Waals surface area contributed by atoms with Gasteiger partial charge in [-0.1, -0.05) is 18.2 Å². The van der Waals surface area contributed by atoms with Crippen molar-refractivity contribution in [2.24, 2.45) is 5.14 Å². The zero-order valence-corrected chi connectivity index (χ0v) is 17.9. The SMILES string of the molecule is COc1ccc(CCC(=O)N(C)C(C)c2ccc(S(N)(=O)=O)cc2)cc1Br. The van der Waals surface area contributed by atoms with Crippen LogP contribution in [0.1, 0.15) is 30.5 Å². The van der Waals surface area contributed by atoms with E-state index >= 15 is 0 Å². The number of halogens is 1. The average Bonchev–Trinajstić information content (AvgIpc) is 2.64. The van der Waals surface area contributed by atoms with Gasteiger partial charge in [0, 0.05) is 13.5 Å². The molecule has 0 saturated carbocycles. The molecule has 0 fully saturated rings. The highest BCUT2D eigenvalue weighted by Gasteiger charge is 2.18. The summed E-state index contributed by atoms with van der Waals surface area (Å²) in [6.07, 6.45) is 0.984. The molecule has 1 atom stereocenters. The number of ether oxygens (including phenoxy) is 1. The lowest BCUT2D eigenvalue weighted by atomic mass is 10.1. The van der Waals surface area contributed by atoms with Crippen LogP contribution < -0.4 is 9.88 Å². The molecule has 0 spiro atoms. The minimum Gasteiger partial charge on any atom is -0.496 e. The van der Waals surface area contributed by atoms with Crippen LogP contribution >= 0.6 is 15.9 Å². The van der Waals surface area contributed by atoms with Gasteiger partial charge in [0.2, 0.25) is 15.9 Å². The van der Waals surface area contributed by atoms with Crippen LogP contribution in [0.4, 0.5) is 0 Å². The summed E-state index contributed by atoms with van der Waals surface area (Å²) >= 11 is 3.44. The molecular weight excluding hydrogens is 432 g/mol. The molecular formula is C19H23BrN2O4S. The van der Waals surface area contributed by atoms with Crippen molar-refractivity contribution < 1.29 is 17.9 Å². The summed E-state index contributed by atoms with van der Waals surface area (Å²) in [7, 11) is -0.376. The molecule has 0 aliphatic heterocycles. The fourth-order valence-corrected chi connectivity index (χ4v) is 3.77. The van der Waals surface area contributed by atoms with Crippen LogP contribution in [0.25, 0.3) is 0 Å². The topological polar surface area (TPSA) is 89.7 Å². The number of primary sulfonamides is 1. The predicted molar refractivity (Wildman–Crippen MR) is 108 cm³/mol. The van der Waals surface area contributed by atoms with E-state index in [1.807, 2.05) is 25.1 Å². The van der Waals surface area contributed by atoms with Crippen LogP contribution in [-0.2, 0) is 21.2 Å². The summed E-state index contributed by atoms with van der Waals surface area (Å²) in [6, 6.07) is 11.8. The molecule has 0 bridgehead atoms. The van der Waals surface area contributed by atoms with Crippen molar-refractivity contribution in [2.75, 3.05) is 14.2 Å². The van der Waals surface area contributed by atoms with E-state index in [2.05, 4.69) is 15.9 Å². The van der Waals surface area contributed by atoms with Crippen molar-refractivity contribution >= 4 is 31.9 Å². The van der Waals surface area contributed by atoms with Crippen molar-refractivity contribution in [3.63, 3.8) is 0 Å². The second-order valence-corrected chi connectivity index (χ2v) is 8.68. The highest BCUT2D eigenvalue weighted by atomic mass is 79.9. The van der Waals surface area contributed by atoms with Crippen LogP contribution in [-0.4, -0.2) is 33.4 Å². The number of nitrogens with zero attached hydrogens (tertiary/aromatic N) is 1. The summed E-state index contributed by atoms with van der Waals surface area (Å²) in [6.45, 7) is 1.90. The molecule has 1 unspecified atom stereocenters. The first kappa shape index (κ1) is 21.4. The molecule has 0 aromatic heterocycles. The number of carbonyl (C=O) groups is 1. The molecule has 0 radical (unpaired) electrons. The Balaban J connectivity index is 2.00. The lowest BCUT2D eigenvalue weighted by molar-refractivity contribution is -0.131.